The van der Waals surface area contributed by atoms with Crippen LogP contribution in [0.15, 0.2) is 0 Å². The van der Waals surface area contributed by atoms with Crippen molar-refractivity contribution in [1.82, 2.24) is 10.2 Å². The number of hydrogen-bond acceptors (Lipinski definition) is 3. The van der Waals surface area contributed by atoms with Crippen LogP contribution in [0.4, 0.5) is 4.79 Å². The summed E-state index contributed by atoms with van der Waals surface area (Å²) in [6, 6.07) is -0.547. The van der Waals surface area contributed by atoms with Gasteiger partial charge in [0.25, 0.3) is 0 Å². The third kappa shape index (κ3) is 4.35. The van der Waals surface area contributed by atoms with Gasteiger partial charge in [-0.1, -0.05) is 0 Å². The molecule has 1 N–H and O–H groups in total. The first-order valence-corrected chi connectivity index (χ1v) is 4.13. The smallest absolute Gasteiger partial charge is 0.407 e. The molecule has 0 aliphatic heterocycles. The van der Waals surface area contributed by atoms with Gasteiger partial charge in [0.2, 0.25) is 5.91 Å². The lowest BCUT2D eigenvalue weighted by molar-refractivity contribution is -0.130. The Kier molecular flexibility index (Phi) is 4.87. The van der Waals surface area contributed by atoms with Gasteiger partial charge in [0.15, 0.2) is 0 Å². The fourth-order valence-corrected chi connectivity index (χ4v) is 0.799. The molecule has 2 amide bonds. The van der Waals surface area contributed by atoms with Gasteiger partial charge in [0.05, 0.1) is 6.61 Å². The average Bonchev–Trinajstić information content (AvgIpc) is 2.03. The quantitative estimate of drug-likeness (QED) is 0.688. The van der Waals surface area contributed by atoms with Crippen molar-refractivity contribution >= 4 is 12.0 Å². The highest BCUT2D eigenvalue weighted by atomic mass is 16.5. The van der Waals surface area contributed by atoms with Gasteiger partial charge in [-0.25, -0.2) is 4.79 Å². The van der Waals surface area contributed by atoms with Gasteiger partial charge in [-0.2, -0.15) is 0 Å². The van der Waals surface area contributed by atoms with E-state index in [-0.39, 0.29) is 5.91 Å². The normalized spacial score (nSPS) is 11.7. The molecule has 0 radical (unpaired) electrons. The summed E-state index contributed by atoms with van der Waals surface area (Å²) in [5.74, 6) is -0.159. The van der Waals surface area contributed by atoms with Crippen LogP contribution < -0.4 is 5.32 Å². The Morgan fingerprint density at radius 2 is 2.00 bits per heavy atom. The molecule has 76 valence electrons. The molecule has 0 spiro atoms. The number of carbonyl (C=O) groups is 2. The average molecular weight is 188 g/mol. The molecule has 0 aliphatic rings. The van der Waals surface area contributed by atoms with Crippen LogP contribution >= 0.6 is 0 Å². The number of carbonyl (C=O) groups excluding carboxylic acids is 2. The minimum Gasteiger partial charge on any atom is -0.450 e. The minimum atomic E-state index is -0.565. The van der Waals surface area contributed by atoms with Gasteiger partial charge in [0, 0.05) is 14.1 Å². The van der Waals surface area contributed by atoms with Crippen molar-refractivity contribution in [3.05, 3.63) is 0 Å². The largest absolute Gasteiger partial charge is 0.450 e. The zero-order valence-corrected chi connectivity index (χ0v) is 8.46. The van der Waals surface area contributed by atoms with E-state index in [2.05, 4.69) is 10.1 Å². The molecule has 13 heavy (non-hydrogen) atoms. The van der Waals surface area contributed by atoms with Crippen molar-refractivity contribution in [1.29, 1.82) is 0 Å². The zero-order chi connectivity index (χ0) is 10.4. The highest BCUT2D eigenvalue weighted by molar-refractivity contribution is 5.84. The van der Waals surface area contributed by atoms with Crippen LogP contribution in [0.5, 0.6) is 0 Å². The lowest BCUT2D eigenvalue weighted by Crippen LogP contribution is -2.44. The Hall–Kier alpha value is -1.26. The van der Waals surface area contributed by atoms with Crippen LogP contribution in [0.1, 0.15) is 13.8 Å². The molecule has 0 heterocycles. The summed E-state index contributed by atoms with van der Waals surface area (Å²) in [7, 11) is 3.26. The van der Waals surface area contributed by atoms with Crippen molar-refractivity contribution in [2.75, 3.05) is 20.7 Å². The summed E-state index contributed by atoms with van der Waals surface area (Å²) >= 11 is 0. The molecule has 0 bridgehead atoms. The van der Waals surface area contributed by atoms with Gasteiger partial charge >= 0.3 is 6.09 Å². The Morgan fingerprint density at radius 3 is 2.38 bits per heavy atom. The predicted octanol–water partition coefficient (Wildman–Crippen LogP) is 0.209. The number of alkyl carbamates (subject to hydrolysis) is 1. The van der Waals surface area contributed by atoms with Crippen molar-refractivity contribution in [3.63, 3.8) is 0 Å². The molecule has 1 atom stereocenters. The van der Waals surface area contributed by atoms with Gasteiger partial charge < -0.3 is 15.0 Å². The van der Waals surface area contributed by atoms with Crippen molar-refractivity contribution in [2.45, 2.75) is 19.9 Å². The number of ether oxygens (including phenoxy) is 1. The van der Waals surface area contributed by atoms with Crippen molar-refractivity contribution in [2.24, 2.45) is 0 Å². The minimum absolute atomic E-state index is 0.159. The van der Waals surface area contributed by atoms with E-state index in [0.717, 1.165) is 0 Å². The van der Waals surface area contributed by atoms with E-state index >= 15 is 0 Å². The molecule has 0 saturated heterocycles. The molecule has 1 unspecified atom stereocenters. The summed E-state index contributed by atoms with van der Waals surface area (Å²) < 4.78 is 4.62. The Morgan fingerprint density at radius 1 is 1.46 bits per heavy atom. The topological polar surface area (TPSA) is 58.6 Å². The van der Waals surface area contributed by atoms with E-state index < -0.39 is 12.1 Å². The fourth-order valence-electron chi connectivity index (χ4n) is 0.799. The molecule has 5 nitrogen and oxygen atoms in total. The first-order chi connectivity index (χ1) is 5.99. The molecular weight excluding hydrogens is 172 g/mol. The molecule has 0 fully saturated rings. The van der Waals surface area contributed by atoms with E-state index in [1.54, 1.807) is 27.9 Å². The summed E-state index contributed by atoms with van der Waals surface area (Å²) in [6.45, 7) is 3.62. The zero-order valence-electron chi connectivity index (χ0n) is 8.46. The molecule has 0 saturated carbocycles. The Labute approximate surface area is 78.0 Å². The van der Waals surface area contributed by atoms with Crippen LogP contribution in [-0.4, -0.2) is 43.6 Å². The number of likely N-dealkylation sites (N-methyl/N-ethyl adjacent to an activating group) is 1. The third-order valence-electron chi connectivity index (χ3n) is 1.42. The highest BCUT2D eigenvalue weighted by Crippen LogP contribution is 1.89. The molecule has 0 rings (SSSR count). The lowest BCUT2D eigenvalue weighted by atomic mass is 10.3. The second-order valence-corrected chi connectivity index (χ2v) is 2.82. The molecule has 0 aromatic carbocycles. The standard InChI is InChI=1S/C8H16N2O3/c1-5-13-8(12)9-6(2)7(11)10(3)4/h6H,5H2,1-4H3,(H,9,12). The maximum Gasteiger partial charge on any atom is 0.407 e. The summed E-state index contributed by atoms with van der Waals surface area (Å²) in [5, 5.41) is 2.41. The second-order valence-electron chi connectivity index (χ2n) is 2.82. The van der Waals surface area contributed by atoms with Gasteiger partial charge in [-0.3, -0.25) is 4.79 Å². The number of hydrogen-bond donors (Lipinski definition) is 1. The van der Waals surface area contributed by atoms with Crippen molar-refractivity contribution < 1.29 is 14.3 Å². The first kappa shape index (κ1) is 11.7. The van der Waals surface area contributed by atoms with Crippen LogP contribution in [0.3, 0.4) is 0 Å². The third-order valence-corrected chi connectivity index (χ3v) is 1.42. The van der Waals surface area contributed by atoms with E-state index in [1.165, 1.54) is 4.90 Å². The maximum atomic E-state index is 11.2. The Balaban J connectivity index is 3.92. The SMILES string of the molecule is CCOC(=O)NC(C)C(=O)N(C)C. The molecule has 0 aromatic heterocycles. The predicted molar refractivity (Wildman–Crippen MR) is 48.3 cm³/mol. The van der Waals surface area contributed by atoms with Crippen LogP contribution in [0.2, 0.25) is 0 Å². The summed E-state index contributed by atoms with van der Waals surface area (Å²) in [6.07, 6.45) is -0.565. The fraction of sp³-hybridized carbons (Fsp3) is 0.750. The molecular formula is C8H16N2O3. The Bertz CT molecular complexity index is 192. The number of nitrogens with zero attached hydrogens (tertiary/aromatic N) is 1. The van der Waals surface area contributed by atoms with Crippen LogP contribution in [0, 0.1) is 0 Å². The monoisotopic (exact) mass is 188 g/mol. The summed E-state index contributed by atoms with van der Waals surface area (Å²) in [4.78, 5) is 23.5. The maximum absolute atomic E-state index is 11.2. The van der Waals surface area contributed by atoms with E-state index in [9.17, 15) is 9.59 Å². The van der Waals surface area contributed by atoms with Crippen LogP contribution in [-0.2, 0) is 9.53 Å². The second kappa shape index (κ2) is 5.40. The number of amides is 2. The van der Waals surface area contributed by atoms with Crippen LogP contribution in [0.25, 0.3) is 0 Å². The van der Waals surface area contributed by atoms with Gasteiger partial charge in [-0.05, 0) is 13.8 Å². The van der Waals surface area contributed by atoms with Crippen molar-refractivity contribution in [3.8, 4) is 0 Å². The lowest BCUT2D eigenvalue weighted by Gasteiger charge is -2.17. The molecule has 5 heteroatoms. The van der Waals surface area contributed by atoms with E-state index in [1.807, 2.05) is 0 Å². The first-order valence-electron chi connectivity index (χ1n) is 4.13. The van der Waals surface area contributed by atoms with Gasteiger partial charge in [0.1, 0.15) is 6.04 Å². The number of nitrogens with one attached hydrogen (secondary N) is 1. The highest BCUT2D eigenvalue weighted by Gasteiger charge is 2.17. The van der Waals surface area contributed by atoms with Gasteiger partial charge in [-0.15, -0.1) is 0 Å². The number of rotatable bonds is 3. The van der Waals surface area contributed by atoms with E-state index in [0.29, 0.717) is 6.61 Å². The summed E-state index contributed by atoms with van der Waals surface area (Å²) in [5.41, 5.74) is 0. The van der Waals surface area contributed by atoms with E-state index in [4.69, 9.17) is 0 Å². The molecule has 0 aliphatic carbocycles. The molecule has 0 aromatic rings.